The monoisotopic (exact) mass is 288 g/mol. The lowest BCUT2D eigenvalue weighted by molar-refractivity contribution is -0.129. The van der Waals surface area contributed by atoms with Gasteiger partial charge < -0.3 is 5.32 Å². The molecule has 0 spiro atoms. The van der Waals surface area contributed by atoms with Crippen molar-refractivity contribution in [1.29, 1.82) is 5.26 Å². The van der Waals surface area contributed by atoms with Gasteiger partial charge in [-0.1, -0.05) is 25.3 Å². The number of nitrogens with one attached hydrogen (secondary N) is 1. The van der Waals surface area contributed by atoms with E-state index in [4.69, 9.17) is 0 Å². The number of carbonyl (C=O) groups is 1. The van der Waals surface area contributed by atoms with E-state index in [0.29, 0.717) is 25.8 Å². The first kappa shape index (κ1) is 15.5. The highest BCUT2D eigenvalue weighted by Crippen LogP contribution is 2.35. The number of nitriles is 1. The van der Waals surface area contributed by atoms with Gasteiger partial charge in [-0.3, -0.25) is 4.79 Å². The van der Waals surface area contributed by atoms with Crippen LogP contribution >= 0.6 is 0 Å². The van der Waals surface area contributed by atoms with Crippen molar-refractivity contribution in [2.45, 2.75) is 45.4 Å². The molecule has 112 valence electrons. The lowest BCUT2D eigenvalue weighted by Crippen LogP contribution is -2.42. The largest absolute Gasteiger partial charge is 0.354 e. The molecule has 21 heavy (non-hydrogen) atoms. The van der Waals surface area contributed by atoms with Gasteiger partial charge in [0.15, 0.2) is 0 Å². The highest BCUT2D eigenvalue weighted by molar-refractivity contribution is 5.85. The van der Waals surface area contributed by atoms with E-state index >= 15 is 0 Å². The molecule has 1 N–H and O–H groups in total. The van der Waals surface area contributed by atoms with Crippen LogP contribution in [-0.4, -0.2) is 12.5 Å². The predicted molar refractivity (Wildman–Crippen MR) is 79.0 cm³/mol. The minimum Gasteiger partial charge on any atom is -0.354 e. The lowest BCUT2D eigenvalue weighted by Gasteiger charge is -2.29. The fourth-order valence-corrected chi connectivity index (χ4v) is 2.96. The van der Waals surface area contributed by atoms with Crippen LogP contribution in [0, 0.1) is 29.5 Å². The summed E-state index contributed by atoms with van der Waals surface area (Å²) >= 11 is 0. The summed E-state index contributed by atoms with van der Waals surface area (Å²) in [6.45, 7) is 2.34. The Kier molecular flexibility index (Phi) is 4.95. The van der Waals surface area contributed by atoms with Crippen LogP contribution < -0.4 is 5.32 Å². The van der Waals surface area contributed by atoms with Crippen LogP contribution in [0.15, 0.2) is 18.2 Å². The first-order chi connectivity index (χ1) is 10.1. The first-order valence-electron chi connectivity index (χ1n) is 7.52. The van der Waals surface area contributed by atoms with E-state index in [2.05, 4.69) is 11.4 Å². The third kappa shape index (κ3) is 3.60. The number of carbonyl (C=O) groups excluding carboxylic acids is 1. The SMILES string of the molecule is Cc1cc(F)ccc1CCNC(=O)C1(C#N)CCCCC1. The van der Waals surface area contributed by atoms with Gasteiger partial charge in [0.25, 0.3) is 0 Å². The fourth-order valence-electron chi connectivity index (χ4n) is 2.96. The molecule has 4 heteroatoms. The number of hydrogen-bond acceptors (Lipinski definition) is 2. The highest BCUT2D eigenvalue weighted by atomic mass is 19.1. The number of hydrogen-bond donors (Lipinski definition) is 1. The fraction of sp³-hybridized carbons (Fsp3) is 0.529. The highest BCUT2D eigenvalue weighted by Gasteiger charge is 2.39. The Balaban J connectivity index is 1.90. The number of benzene rings is 1. The molecule has 0 aliphatic heterocycles. The lowest BCUT2D eigenvalue weighted by atomic mass is 9.74. The Hall–Kier alpha value is -1.89. The molecule has 1 fully saturated rings. The Morgan fingerprint density at radius 3 is 2.71 bits per heavy atom. The molecule has 0 unspecified atom stereocenters. The quantitative estimate of drug-likeness (QED) is 0.924. The van der Waals surface area contributed by atoms with E-state index in [-0.39, 0.29) is 11.7 Å². The van der Waals surface area contributed by atoms with Crippen molar-refractivity contribution in [2.75, 3.05) is 6.54 Å². The van der Waals surface area contributed by atoms with Crippen LogP contribution in [0.4, 0.5) is 4.39 Å². The van der Waals surface area contributed by atoms with Crippen LogP contribution in [0.2, 0.25) is 0 Å². The van der Waals surface area contributed by atoms with Gasteiger partial charge in [0.1, 0.15) is 11.2 Å². The van der Waals surface area contributed by atoms with Crippen LogP contribution in [0.25, 0.3) is 0 Å². The van der Waals surface area contributed by atoms with E-state index in [1.165, 1.54) is 12.1 Å². The second-order valence-corrected chi connectivity index (χ2v) is 5.83. The Labute approximate surface area is 125 Å². The Morgan fingerprint density at radius 2 is 2.10 bits per heavy atom. The standard InChI is InChI=1S/C17H21FN2O/c1-13-11-15(18)6-5-14(13)7-10-20-16(21)17(12-19)8-3-2-4-9-17/h5-6,11H,2-4,7-10H2,1H3,(H,20,21). The molecule has 0 aromatic heterocycles. The summed E-state index contributed by atoms with van der Waals surface area (Å²) in [5.41, 5.74) is 1.07. The van der Waals surface area contributed by atoms with Gasteiger partial charge in [-0.05, 0) is 49.4 Å². The van der Waals surface area contributed by atoms with E-state index in [1.54, 1.807) is 6.07 Å². The van der Waals surface area contributed by atoms with Gasteiger partial charge in [0.2, 0.25) is 5.91 Å². The molecule has 0 heterocycles. The summed E-state index contributed by atoms with van der Waals surface area (Å²) in [5, 5.41) is 12.2. The molecule has 1 aliphatic carbocycles. The van der Waals surface area contributed by atoms with Gasteiger partial charge in [-0.15, -0.1) is 0 Å². The van der Waals surface area contributed by atoms with Gasteiger partial charge in [0, 0.05) is 6.54 Å². The summed E-state index contributed by atoms with van der Waals surface area (Å²) in [4.78, 5) is 12.3. The average Bonchev–Trinajstić information content (AvgIpc) is 2.50. The van der Waals surface area contributed by atoms with Crippen molar-refractivity contribution >= 4 is 5.91 Å². The number of nitrogens with zero attached hydrogens (tertiary/aromatic N) is 1. The molecule has 0 bridgehead atoms. The maximum absolute atomic E-state index is 13.0. The van der Waals surface area contributed by atoms with Gasteiger partial charge in [-0.25, -0.2) is 4.39 Å². The van der Waals surface area contributed by atoms with Crippen LogP contribution in [0.5, 0.6) is 0 Å². The van der Waals surface area contributed by atoms with Crippen LogP contribution in [0.3, 0.4) is 0 Å². The van der Waals surface area contributed by atoms with E-state index in [0.717, 1.165) is 30.4 Å². The van der Waals surface area contributed by atoms with Gasteiger partial charge in [0.05, 0.1) is 6.07 Å². The zero-order valence-electron chi connectivity index (χ0n) is 12.4. The van der Waals surface area contributed by atoms with Crippen molar-refractivity contribution < 1.29 is 9.18 Å². The van der Waals surface area contributed by atoms with Crippen molar-refractivity contribution in [1.82, 2.24) is 5.32 Å². The summed E-state index contributed by atoms with van der Waals surface area (Å²) in [7, 11) is 0. The number of halogens is 1. The molecule has 1 amide bonds. The minimum absolute atomic E-state index is 0.149. The molecule has 2 rings (SSSR count). The zero-order valence-corrected chi connectivity index (χ0v) is 12.4. The molecule has 1 saturated carbocycles. The average molecular weight is 288 g/mol. The second-order valence-electron chi connectivity index (χ2n) is 5.83. The maximum atomic E-state index is 13.0. The third-order valence-electron chi connectivity index (χ3n) is 4.34. The number of rotatable bonds is 4. The molecular weight excluding hydrogens is 267 g/mol. The molecule has 1 aromatic rings. The number of aryl methyl sites for hydroxylation is 1. The van der Waals surface area contributed by atoms with Gasteiger partial charge in [-0.2, -0.15) is 5.26 Å². The van der Waals surface area contributed by atoms with Crippen LogP contribution in [0.1, 0.15) is 43.2 Å². The van der Waals surface area contributed by atoms with Crippen molar-refractivity contribution in [3.05, 3.63) is 35.1 Å². The van der Waals surface area contributed by atoms with E-state index < -0.39 is 5.41 Å². The molecule has 1 aromatic carbocycles. The zero-order chi connectivity index (χ0) is 15.3. The van der Waals surface area contributed by atoms with E-state index in [9.17, 15) is 14.4 Å². The molecule has 0 radical (unpaired) electrons. The maximum Gasteiger partial charge on any atom is 0.240 e. The van der Waals surface area contributed by atoms with Crippen molar-refractivity contribution in [3.8, 4) is 6.07 Å². The van der Waals surface area contributed by atoms with Crippen molar-refractivity contribution in [3.63, 3.8) is 0 Å². The normalized spacial score (nSPS) is 17.0. The summed E-state index contributed by atoms with van der Waals surface area (Å²) in [6.07, 6.45) is 4.96. The number of amides is 1. The first-order valence-corrected chi connectivity index (χ1v) is 7.52. The smallest absolute Gasteiger partial charge is 0.240 e. The Morgan fingerprint density at radius 1 is 1.38 bits per heavy atom. The van der Waals surface area contributed by atoms with Gasteiger partial charge >= 0.3 is 0 Å². The minimum atomic E-state index is -0.837. The summed E-state index contributed by atoms with van der Waals surface area (Å²) < 4.78 is 13.0. The third-order valence-corrected chi connectivity index (χ3v) is 4.34. The topological polar surface area (TPSA) is 52.9 Å². The molecule has 0 saturated heterocycles. The molecule has 0 atom stereocenters. The molecule has 3 nitrogen and oxygen atoms in total. The molecule has 1 aliphatic rings. The second kappa shape index (κ2) is 6.71. The van der Waals surface area contributed by atoms with E-state index in [1.807, 2.05) is 6.92 Å². The predicted octanol–water partition coefficient (Wildman–Crippen LogP) is 3.27. The Bertz CT molecular complexity index is 556. The summed E-state index contributed by atoms with van der Waals surface area (Å²) in [5.74, 6) is -0.393. The molecular formula is C17H21FN2O. The summed E-state index contributed by atoms with van der Waals surface area (Å²) in [6, 6.07) is 6.90. The van der Waals surface area contributed by atoms with Crippen LogP contribution in [-0.2, 0) is 11.2 Å². The van der Waals surface area contributed by atoms with Crippen molar-refractivity contribution in [2.24, 2.45) is 5.41 Å².